The molecular formula is C26H24N4O6. The van der Waals surface area contributed by atoms with E-state index >= 15 is 0 Å². The maximum absolute atomic E-state index is 13.5. The van der Waals surface area contributed by atoms with Crippen LogP contribution >= 0.6 is 0 Å². The average molecular weight is 489 g/mol. The Hall–Kier alpha value is -4.70. The third-order valence-corrected chi connectivity index (χ3v) is 5.51. The zero-order chi connectivity index (χ0) is 25.8. The van der Waals surface area contributed by atoms with E-state index in [9.17, 15) is 14.7 Å². The van der Waals surface area contributed by atoms with Crippen molar-refractivity contribution >= 4 is 34.2 Å². The Kier molecular flexibility index (Phi) is 6.98. The van der Waals surface area contributed by atoms with Gasteiger partial charge in [0.1, 0.15) is 17.1 Å². The van der Waals surface area contributed by atoms with Gasteiger partial charge in [0.25, 0.3) is 5.91 Å². The second-order valence-electron chi connectivity index (χ2n) is 7.78. The second-order valence-corrected chi connectivity index (χ2v) is 7.78. The first-order chi connectivity index (χ1) is 17.3. The summed E-state index contributed by atoms with van der Waals surface area (Å²) in [6.07, 6.45) is 1.53. The van der Waals surface area contributed by atoms with Crippen LogP contribution in [-0.2, 0) is 6.61 Å². The highest BCUT2D eigenvalue weighted by atomic mass is 16.5. The number of amides is 2. The van der Waals surface area contributed by atoms with Crippen LogP contribution in [0.4, 0.5) is 11.4 Å². The number of hydrogen-bond acceptors (Lipinski definition) is 8. The molecule has 0 atom stereocenters. The molecule has 0 bridgehead atoms. The fourth-order valence-corrected chi connectivity index (χ4v) is 3.57. The molecule has 0 spiro atoms. The number of benzene rings is 2. The normalized spacial score (nSPS) is 11.4. The van der Waals surface area contributed by atoms with Gasteiger partial charge < -0.3 is 30.0 Å². The number of anilines is 1. The lowest BCUT2D eigenvalue weighted by Gasteiger charge is -2.13. The van der Waals surface area contributed by atoms with Gasteiger partial charge in [-0.05, 0) is 49.4 Å². The molecule has 2 aromatic carbocycles. The highest BCUT2D eigenvalue weighted by Crippen LogP contribution is 2.30. The Balaban J connectivity index is 1.88. The van der Waals surface area contributed by atoms with Gasteiger partial charge in [0.05, 0.1) is 37.9 Å². The lowest BCUT2D eigenvalue weighted by atomic mass is 10.1. The van der Waals surface area contributed by atoms with Crippen molar-refractivity contribution in [3.63, 3.8) is 0 Å². The quantitative estimate of drug-likeness (QED) is 0.361. The average Bonchev–Trinajstić information content (AvgIpc) is 2.89. The predicted molar refractivity (Wildman–Crippen MR) is 132 cm³/mol. The molecule has 0 fully saturated rings. The number of ether oxygens (including phenoxy) is 2. The Morgan fingerprint density at radius 1 is 1.11 bits per heavy atom. The smallest absolute Gasteiger partial charge is 0.261 e. The predicted octanol–water partition coefficient (Wildman–Crippen LogP) is 3.23. The van der Waals surface area contributed by atoms with E-state index in [4.69, 9.17) is 19.6 Å². The van der Waals surface area contributed by atoms with Crippen molar-refractivity contribution in [3.05, 3.63) is 82.7 Å². The molecule has 2 amide bonds. The number of nitrogens with zero attached hydrogens (tertiary/aromatic N) is 2. The van der Waals surface area contributed by atoms with Crippen LogP contribution < -0.4 is 26.1 Å². The van der Waals surface area contributed by atoms with E-state index in [0.717, 1.165) is 0 Å². The first-order valence-electron chi connectivity index (χ1n) is 10.9. The first kappa shape index (κ1) is 24.4. The van der Waals surface area contributed by atoms with E-state index in [-0.39, 0.29) is 17.7 Å². The summed E-state index contributed by atoms with van der Waals surface area (Å²) < 4.78 is 16.7. The largest absolute Gasteiger partial charge is 0.497 e. The van der Waals surface area contributed by atoms with Crippen LogP contribution in [0.1, 0.15) is 32.0 Å². The lowest BCUT2D eigenvalue weighted by Crippen LogP contribution is -2.22. The number of aliphatic hydroxyl groups is 1. The summed E-state index contributed by atoms with van der Waals surface area (Å²) in [6, 6.07) is 12.8. The fourth-order valence-electron chi connectivity index (χ4n) is 3.57. The molecule has 4 aromatic rings. The van der Waals surface area contributed by atoms with Crippen LogP contribution in [0.2, 0.25) is 0 Å². The molecule has 0 aliphatic rings. The number of methoxy groups -OCH3 is 2. The molecule has 36 heavy (non-hydrogen) atoms. The van der Waals surface area contributed by atoms with Crippen molar-refractivity contribution in [1.82, 2.24) is 4.98 Å². The van der Waals surface area contributed by atoms with Gasteiger partial charge in [0, 0.05) is 28.8 Å². The molecule has 10 nitrogen and oxygen atoms in total. The third-order valence-electron chi connectivity index (χ3n) is 5.51. The summed E-state index contributed by atoms with van der Waals surface area (Å²) in [4.78, 5) is 33.6. The zero-order valence-corrected chi connectivity index (χ0v) is 19.9. The topological polar surface area (TPSA) is 149 Å². The molecule has 0 saturated carbocycles. The lowest BCUT2D eigenvalue weighted by molar-refractivity contribution is 0.0997. The van der Waals surface area contributed by atoms with Crippen LogP contribution in [0.3, 0.4) is 0 Å². The van der Waals surface area contributed by atoms with Crippen molar-refractivity contribution in [1.29, 1.82) is 0 Å². The number of aliphatic hydroxyl groups excluding tert-OH is 1. The molecule has 0 unspecified atom stereocenters. The standard InChI is InChI=1S/C26H24N4O6/c1-14-23-19(16(13-31)12-28-14)11-20(25(33)30-21-9-8-18(34-2)10-22(21)35-3)26(36-23)29-17-6-4-15(5-7-17)24(27)32/h4-12,31H,13H2,1-3H3,(H2,27,32)(H,30,33). The molecular weight excluding hydrogens is 464 g/mol. The second kappa shape index (κ2) is 10.3. The number of carbonyl (C=O) groups is 2. The van der Waals surface area contributed by atoms with Crippen molar-refractivity contribution in [2.45, 2.75) is 13.5 Å². The number of primary amides is 1. The summed E-state index contributed by atoms with van der Waals surface area (Å²) in [5.74, 6) is -0.119. The van der Waals surface area contributed by atoms with E-state index in [1.54, 1.807) is 43.3 Å². The third kappa shape index (κ3) is 4.89. The first-order valence-corrected chi connectivity index (χ1v) is 10.9. The van der Waals surface area contributed by atoms with Crippen LogP contribution in [0.25, 0.3) is 11.0 Å². The van der Waals surface area contributed by atoms with E-state index in [1.165, 1.54) is 32.5 Å². The van der Waals surface area contributed by atoms with Crippen LogP contribution in [-0.4, -0.2) is 36.1 Å². The zero-order valence-electron chi connectivity index (χ0n) is 19.9. The minimum Gasteiger partial charge on any atom is -0.497 e. The van der Waals surface area contributed by atoms with Crippen LogP contribution in [0.5, 0.6) is 11.5 Å². The summed E-state index contributed by atoms with van der Waals surface area (Å²) in [5.41, 5.74) is 8.04. The van der Waals surface area contributed by atoms with Gasteiger partial charge in [0.15, 0.2) is 5.58 Å². The number of aromatic nitrogens is 1. The fraction of sp³-hybridized carbons (Fsp3) is 0.154. The van der Waals surface area contributed by atoms with Gasteiger partial charge >= 0.3 is 0 Å². The van der Waals surface area contributed by atoms with Crippen molar-refractivity contribution < 1.29 is 28.6 Å². The number of fused-ring (bicyclic) bond motifs is 1. The van der Waals surface area contributed by atoms with Gasteiger partial charge in [-0.1, -0.05) is 0 Å². The van der Waals surface area contributed by atoms with Gasteiger partial charge in [-0.25, -0.2) is 4.99 Å². The highest BCUT2D eigenvalue weighted by Gasteiger charge is 2.18. The molecule has 0 aliphatic carbocycles. The molecule has 4 rings (SSSR count). The minimum atomic E-state index is -0.566. The number of pyridine rings is 1. The molecule has 2 aromatic heterocycles. The summed E-state index contributed by atoms with van der Waals surface area (Å²) in [5, 5.41) is 13.2. The maximum Gasteiger partial charge on any atom is 0.261 e. The van der Waals surface area contributed by atoms with E-state index in [0.29, 0.717) is 50.7 Å². The Morgan fingerprint density at radius 2 is 1.86 bits per heavy atom. The maximum atomic E-state index is 13.5. The van der Waals surface area contributed by atoms with Crippen molar-refractivity contribution in [3.8, 4) is 11.5 Å². The molecule has 0 saturated heterocycles. The van der Waals surface area contributed by atoms with Crippen LogP contribution in [0, 0.1) is 6.92 Å². The molecule has 184 valence electrons. The molecule has 4 N–H and O–H groups in total. The minimum absolute atomic E-state index is 0.0132. The number of carbonyl (C=O) groups excluding carboxylic acids is 2. The van der Waals surface area contributed by atoms with Gasteiger partial charge in [-0.2, -0.15) is 0 Å². The highest BCUT2D eigenvalue weighted by molar-refractivity contribution is 6.06. The molecule has 0 radical (unpaired) electrons. The number of nitrogens with one attached hydrogen (secondary N) is 1. The number of rotatable bonds is 7. The SMILES string of the molecule is COc1ccc(NC(=O)c2cc3c(CO)cnc(C)c3oc2=Nc2ccc(C(N)=O)cc2)c(OC)c1. The molecule has 10 heteroatoms. The van der Waals surface area contributed by atoms with Gasteiger partial charge in [-0.3, -0.25) is 14.6 Å². The Morgan fingerprint density at radius 3 is 2.50 bits per heavy atom. The van der Waals surface area contributed by atoms with E-state index in [1.807, 2.05) is 0 Å². The number of nitrogens with two attached hydrogens (primary N) is 1. The van der Waals surface area contributed by atoms with Crippen molar-refractivity contribution in [2.75, 3.05) is 19.5 Å². The number of aryl methyl sites for hydroxylation is 1. The molecule has 2 heterocycles. The molecule has 0 aliphatic heterocycles. The van der Waals surface area contributed by atoms with Crippen LogP contribution in [0.15, 0.2) is 64.1 Å². The monoisotopic (exact) mass is 488 g/mol. The van der Waals surface area contributed by atoms with Gasteiger partial charge in [-0.15, -0.1) is 0 Å². The summed E-state index contributed by atoms with van der Waals surface area (Å²) in [7, 11) is 3.01. The Bertz CT molecular complexity index is 1530. The van der Waals surface area contributed by atoms with Crippen molar-refractivity contribution in [2.24, 2.45) is 10.7 Å². The van der Waals surface area contributed by atoms with E-state index < -0.39 is 11.8 Å². The number of hydrogen-bond donors (Lipinski definition) is 3. The Labute approximate surface area is 206 Å². The summed E-state index contributed by atoms with van der Waals surface area (Å²) >= 11 is 0. The summed E-state index contributed by atoms with van der Waals surface area (Å²) in [6.45, 7) is 1.46. The van der Waals surface area contributed by atoms with Gasteiger partial charge in [0.2, 0.25) is 11.5 Å². The van der Waals surface area contributed by atoms with E-state index in [2.05, 4.69) is 15.3 Å².